The average Bonchev–Trinajstić information content (AvgIpc) is 2.20. The number of hydrogen-bond acceptors (Lipinski definition) is 4. The highest BCUT2D eigenvalue weighted by Gasteiger charge is 2.13. The molecule has 0 aromatic heterocycles. The monoisotopic (exact) mass is 201 g/mol. The molecule has 14 heavy (non-hydrogen) atoms. The summed E-state index contributed by atoms with van der Waals surface area (Å²) in [6.07, 6.45) is 3.38. The molecule has 0 aromatic carbocycles. The predicted octanol–water partition coefficient (Wildman–Crippen LogP) is 0.566. The minimum atomic E-state index is -0.263. The number of rotatable bonds is 5. The predicted molar refractivity (Wildman–Crippen MR) is 53.0 cm³/mol. The molecule has 0 radical (unpaired) electrons. The summed E-state index contributed by atoms with van der Waals surface area (Å²) in [5.74, 6) is 0.452. The van der Waals surface area contributed by atoms with Crippen LogP contribution in [0, 0.1) is 5.92 Å². The van der Waals surface area contributed by atoms with Crippen molar-refractivity contribution >= 4 is 5.97 Å². The summed E-state index contributed by atoms with van der Waals surface area (Å²) in [5, 5.41) is 3.31. The van der Waals surface area contributed by atoms with E-state index in [-0.39, 0.29) is 12.6 Å². The van der Waals surface area contributed by atoms with Gasteiger partial charge in [-0.2, -0.15) is 0 Å². The summed E-state index contributed by atoms with van der Waals surface area (Å²) in [6.45, 7) is 2.78. The van der Waals surface area contributed by atoms with Crippen LogP contribution in [0.15, 0.2) is 0 Å². The van der Waals surface area contributed by atoms with Crippen molar-refractivity contribution in [2.24, 2.45) is 5.92 Å². The number of carbonyl (C=O) groups excluding carboxylic acids is 1. The van der Waals surface area contributed by atoms with Crippen molar-refractivity contribution in [2.75, 3.05) is 33.4 Å². The summed E-state index contributed by atoms with van der Waals surface area (Å²) in [7, 11) is 1.49. The number of piperidine rings is 1. The van der Waals surface area contributed by atoms with E-state index in [0.717, 1.165) is 19.5 Å². The molecule has 1 heterocycles. The second kappa shape index (κ2) is 6.79. The molecule has 0 aromatic rings. The van der Waals surface area contributed by atoms with Gasteiger partial charge in [0.15, 0.2) is 0 Å². The maximum Gasteiger partial charge on any atom is 0.332 e. The van der Waals surface area contributed by atoms with Gasteiger partial charge in [-0.05, 0) is 38.3 Å². The van der Waals surface area contributed by atoms with Crippen molar-refractivity contribution in [1.29, 1.82) is 0 Å². The molecule has 0 bridgehead atoms. The second-order valence-corrected chi connectivity index (χ2v) is 3.64. The Balaban J connectivity index is 1.99. The Morgan fingerprint density at radius 1 is 1.43 bits per heavy atom. The van der Waals surface area contributed by atoms with E-state index in [1.54, 1.807) is 0 Å². The lowest BCUT2D eigenvalue weighted by Gasteiger charge is -2.22. The SMILES string of the molecule is COCC(=O)OCCC1CCNCC1. The Kier molecular flexibility index (Phi) is 5.56. The van der Waals surface area contributed by atoms with E-state index >= 15 is 0 Å². The summed E-state index contributed by atoms with van der Waals surface area (Å²) in [5.41, 5.74) is 0. The summed E-state index contributed by atoms with van der Waals surface area (Å²) in [4.78, 5) is 10.9. The van der Waals surface area contributed by atoms with Gasteiger partial charge in [-0.1, -0.05) is 0 Å². The number of hydrogen-bond donors (Lipinski definition) is 1. The lowest BCUT2D eigenvalue weighted by Crippen LogP contribution is -2.28. The van der Waals surface area contributed by atoms with Gasteiger partial charge in [-0.3, -0.25) is 0 Å². The van der Waals surface area contributed by atoms with Gasteiger partial charge in [0, 0.05) is 7.11 Å². The highest BCUT2D eigenvalue weighted by Crippen LogP contribution is 2.15. The van der Waals surface area contributed by atoms with Crippen LogP contribution in [-0.2, 0) is 14.3 Å². The molecule has 0 aliphatic carbocycles. The summed E-state index contributed by atoms with van der Waals surface area (Å²) in [6, 6.07) is 0. The van der Waals surface area contributed by atoms with E-state index in [0.29, 0.717) is 12.5 Å². The fraction of sp³-hybridized carbons (Fsp3) is 0.900. The van der Waals surface area contributed by atoms with Gasteiger partial charge in [0.05, 0.1) is 6.61 Å². The maximum atomic E-state index is 10.9. The third-order valence-corrected chi connectivity index (χ3v) is 2.51. The van der Waals surface area contributed by atoms with Crippen LogP contribution in [0.2, 0.25) is 0 Å². The van der Waals surface area contributed by atoms with Crippen LogP contribution in [0.1, 0.15) is 19.3 Å². The van der Waals surface area contributed by atoms with Gasteiger partial charge >= 0.3 is 5.97 Å². The van der Waals surface area contributed by atoms with Crippen LogP contribution in [0.3, 0.4) is 0 Å². The van der Waals surface area contributed by atoms with Crippen LogP contribution in [-0.4, -0.2) is 39.4 Å². The lowest BCUT2D eigenvalue weighted by atomic mass is 9.95. The molecule has 0 atom stereocenters. The molecule has 0 unspecified atom stereocenters. The van der Waals surface area contributed by atoms with Crippen molar-refractivity contribution in [1.82, 2.24) is 5.32 Å². The minimum Gasteiger partial charge on any atom is -0.464 e. The Hall–Kier alpha value is -0.610. The number of nitrogens with one attached hydrogen (secondary N) is 1. The molecule has 0 amide bonds. The molecule has 0 spiro atoms. The Bertz CT molecular complexity index is 167. The maximum absolute atomic E-state index is 10.9. The van der Waals surface area contributed by atoms with Gasteiger partial charge < -0.3 is 14.8 Å². The van der Waals surface area contributed by atoms with Crippen molar-refractivity contribution in [3.63, 3.8) is 0 Å². The van der Waals surface area contributed by atoms with E-state index in [9.17, 15) is 4.79 Å². The third-order valence-electron chi connectivity index (χ3n) is 2.51. The highest BCUT2D eigenvalue weighted by molar-refractivity contribution is 5.70. The molecule has 4 heteroatoms. The topological polar surface area (TPSA) is 47.6 Å². The molecule has 1 aliphatic heterocycles. The first kappa shape index (κ1) is 11.5. The smallest absolute Gasteiger partial charge is 0.332 e. The van der Waals surface area contributed by atoms with Crippen LogP contribution < -0.4 is 5.32 Å². The Morgan fingerprint density at radius 2 is 2.14 bits per heavy atom. The molecule has 1 saturated heterocycles. The average molecular weight is 201 g/mol. The Morgan fingerprint density at radius 3 is 2.79 bits per heavy atom. The Labute approximate surface area is 85.0 Å². The van der Waals surface area contributed by atoms with E-state index < -0.39 is 0 Å². The van der Waals surface area contributed by atoms with Crippen LogP contribution in [0.5, 0.6) is 0 Å². The zero-order valence-electron chi connectivity index (χ0n) is 8.75. The van der Waals surface area contributed by atoms with Crippen molar-refractivity contribution < 1.29 is 14.3 Å². The highest BCUT2D eigenvalue weighted by atomic mass is 16.6. The van der Waals surface area contributed by atoms with Gasteiger partial charge in [0.1, 0.15) is 6.61 Å². The number of methoxy groups -OCH3 is 1. The van der Waals surface area contributed by atoms with Gasteiger partial charge in [-0.25, -0.2) is 4.79 Å². The zero-order chi connectivity index (χ0) is 10.2. The fourth-order valence-electron chi connectivity index (χ4n) is 1.67. The summed E-state index contributed by atoms with van der Waals surface area (Å²) < 4.78 is 9.66. The van der Waals surface area contributed by atoms with E-state index in [4.69, 9.17) is 4.74 Å². The quantitative estimate of drug-likeness (QED) is 0.660. The van der Waals surface area contributed by atoms with Crippen molar-refractivity contribution in [3.8, 4) is 0 Å². The number of carbonyl (C=O) groups is 1. The van der Waals surface area contributed by atoms with Crippen molar-refractivity contribution in [3.05, 3.63) is 0 Å². The molecular weight excluding hydrogens is 182 g/mol. The number of esters is 1. The van der Waals surface area contributed by atoms with E-state index in [1.807, 2.05) is 0 Å². The first-order valence-electron chi connectivity index (χ1n) is 5.18. The normalized spacial score (nSPS) is 18.1. The lowest BCUT2D eigenvalue weighted by molar-refractivity contribution is -0.148. The van der Waals surface area contributed by atoms with Crippen LogP contribution in [0.4, 0.5) is 0 Å². The van der Waals surface area contributed by atoms with Crippen LogP contribution in [0.25, 0.3) is 0 Å². The molecule has 1 fully saturated rings. The minimum absolute atomic E-state index is 0.0617. The molecule has 4 nitrogen and oxygen atoms in total. The fourth-order valence-corrected chi connectivity index (χ4v) is 1.67. The zero-order valence-corrected chi connectivity index (χ0v) is 8.75. The molecule has 1 rings (SSSR count). The standard InChI is InChI=1S/C10H19NO3/c1-13-8-10(12)14-7-4-9-2-5-11-6-3-9/h9,11H,2-8H2,1H3. The third kappa shape index (κ3) is 4.58. The molecule has 0 saturated carbocycles. The van der Waals surface area contributed by atoms with Gasteiger partial charge in [-0.15, -0.1) is 0 Å². The van der Waals surface area contributed by atoms with Gasteiger partial charge in [0.25, 0.3) is 0 Å². The second-order valence-electron chi connectivity index (χ2n) is 3.64. The van der Waals surface area contributed by atoms with E-state index in [1.165, 1.54) is 20.0 Å². The number of ether oxygens (including phenoxy) is 2. The molecule has 1 aliphatic rings. The van der Waals surface area contributed by atoms with E-state index in [2.05, 4.69) is 10.1 Å². The van der Waals surface area contributed by atoms with Gasteiger partial charge in [0.2, 0.25) is 0 Å². The summed E-state index contributed by atoms with van der Waals surface area (Å²) >= 11 is 0. The largest absolute Gasteiger partial charge is 0.464 e. The van der Waals surface area contributed by atoms with Crippen LogP contribution >= 0.6 is 0 Å². The molecule has 82 valence electrons. The molecular formula is C10H19NO3. The molecule has 1 N–H and O–H groups in total. The first-order valence-corrected chi connectivity index (χ1v) is 5.18. The first-order chi connectivity index (χ1) is 6.83. The van der Waals surface area contributed by atoms with Crippen molar-refractivity contribution in [2.45, 2.75) is 19.3 Å².